The summed E-state index contributed by atoms with van der Waals surface area (Å²) in [4.78, 5) is 0. The first-order valence-electron chi connectivity index (χ1n) is 2.23. The van der Waals surface area contributed by atoms with Crippen LogP contribution in [0.15, 0.2) is 0 Å². The zero-order valence-electron chi connectivity index (χ0n) is 4.85. The molecule has 0 aliphatic heterocycles. The van der Waals surface area contributed by atoms with Crippen LogP contribution in [0.1, 0.15) is 0 Å². The molecule has 0 rings (SSSR count). The van der Waals surface area contributed by atoms with Gasteiger partial charge in [0, 0.05) is 0 Å². The van der Waals surface area contributed by atoms with Crippen LogP contribution in [0.25, 0.3) is 0 Å². The number of hydrogen-bond donors (Lipinski definition) is 2. The summed E-state index contributed by atoms with van der Waals surface area (Å²) < 4.78 is 32.6. The molecule has 0 aromatic carbocycles. The average Bonchev–Trinajstić information content (AvgIpc) is 1.59. The van der Waals surface area contributed by atoms with Crippen molar-refractivity contribution in [3.05, 3.63) is 0 Å². The van der Waals surface area contributed by atoms with E-state index in [9.17, 15) is 8.42 Å². The van der Waals surface area contributed by atoms with Gasteiger partial charge in [-0.1, -0.05) is 12.6 Å². The van der Waals surface area contributed by atoms with Crippen LogP contribution in [0.4, 0.5) is 0 Å². The Labute approximate surface area is 98.1 Å². The molecule has 62 valence electrons. The molecule has 0 saturated heterocycles. The second-order valence-electron chi connectivity index (χ2n) is 1.40. The minimum absolute atomic E-state index is 0. The third-order valence-corrected chi connectivity index (χ3v) is 1.50. The quantitative estimate of drug-likeness (QED) is 0.293. The van der Waals surface area contributed by atoms with Gasteiger partial charge in [0.15, 0.2) is 0 Å². The van der Waals surface area contributed by atoms with Gasteiger partial charge in [-0.25, -0.2) is 0 Å². The van der Waals surface area contributed by atoms with Crippen LogP contribution in [-0.2, 0) is 14.9 Å². The van der Waals surface area contributed by atoms with E-state index in [0.717, 1.165) is 0 Å². The van der Waals surface area contributed by atoms with E-state index in [1.165, 1.54) is 0 Å². The third-order valence-electron chi connectivity index (χ3n) is 0.567. The average molecular weight is 226 g/mol. The van der Waals surface area contributed by atoms with Gasteiger partial charge in [-0.05, 0) is 12.2 Å². The molecule has 0 saturated carbocycles. The van der Waals surface area contributed by atoms with Gasteiger partial charge in [0.1, 0.15) is 12.4 Å². The standard InChI is InChI=1S/C3H6O4S3.Na.H/c4-10(5,6)2-1-7-3(8)9;;/h1-2H2,(H,8,9)(H,4,5,6);;. The molecular weight excluding hydrogens is 219 g/mol. The van der Waals surface area contributed by atoms with Crippen molar-refractivity contribution in [3.8, 4) is 0 Å². The first-order chi connectivity index (χ1) is 4.42. The van der Waals surface area contributed by atoms with Crippen LogP contribution >= 0.6 is 24.8 Å². The van der Waals surface area contributed by atoms with Crippen LogP contribution in [0, 0.1) is 0 Å². The molecule has 0 radical (unpaired) electrons. The SMILES string of the molecule is O=S(=O)(O)CCOC(=S)S.[NaH]. The van der Waals surface area contributed by atoms with Crippen molar-refractivity contribution in [1.82, 2.24) is 0 Å². The Kier molecular flexibility index (Phi) is 8.85. The molecule has 0 aromatic rings. The van der Waals surface area contributed by atoms with Gasteiger partial charge in [0.05, 0.1) is 0 Å². The van der Waals surface area contributed by atoms with Crippen molar-refractivity contribution in [2.75, 3.05) is 12.4 Å². The van der Waals surface area contributed by atoms with Gasteiger partial charge in [0.25, 0.3) is 10.1 Å². The van der Waals surface area contributed by atoms with Crippen molar-refractivity contribution >= 4 is 68.9 Å². The van der Waals surface area contributed by atoms with Crippen LogP contribution in [0.2, 0.25) is 0 Å². The summed E-state index contributed by atoms with van der Waals surface area (Å²) in [6, 6.07) is 0. The Bertz CT molecular complexity index is 211. The maximum atomic E-state index is 10.0. The number of thiol groups is 1. The molecule has 0 spiro atoms. The van der Waals surface area contributed by atoms with Gasteiger partial charge in [-0.15, -0.1) is 0 Å². The topological polar surface area (TPSA) is 63.6 Å². The van der Waals surface area contributed by atoms with E-state index in [1.807, 2.05) is 0 Å². The summed E-state index contributed by atoms with van der Waals surface area (Å²) in [5.74, 6) is -0.465. The van der Waals surface area contributed by atoms with Crippen LogP contribution in [0.5, 0.6) is 0 Å². The van der Waals surface area contributed by atoms with Crippen LogP contribution in [-0.4, -0.2) is 59.3 Å². The zero-order chi connectivity index (χ0) is 8.20. The number of ether oxygens (including phenoxy) is 1. The first kappa shape index (κ1) is 14.7. The summed E-state index contributed by atoms with van der Waals surface area (Å²) >= 11 is 7.91. The Morgan fingerprint density at radius 3 is 2.36 bits per heavy atom. The zero-order valence-corrected chi connectivity index (χ0v) is 7.38. The molecule has 0 bridgehead atoms. The number of thiocarbonyl (C=S) groups is 1. The fourth-order valence-corrected chi connectivity index (χ4v) is 0.703. The second-order valence-corrected chi connectivity index (χ2v) is 4.05. The van der Waals surface area contributed by atoms with Gasteiger partial charge in [-0.2, -0.15) is 8.42 Å². The van der Waals surface area contributed by atoms with E-state index in [0.29, 0.717) is 0 Å². The Morgan fingerprint density at radius 2 is 2.09 bits per heavy atom. The van der Waals surface area contributed by atoms with Crippen molar-refractivity contribution in [2.45, 2.75) is 0 Å². The molecule has 0 fully saturated rings. The Hall–Kier alpha value is 1.15. The third kappa shape index (κ3) is 14.1. The summed E-state index contributed by atoms with van der Waals surface area (Å²) in [6.07, 6.45) is 0. The van der Waals surface area contributed by atoms with Crippen molar-refractivity contribution in [3.63, 3.8) is 0 Å². The summed E-state index contributed by atoms with van der Waals surface area (Å²) in [5, 5.41) is 0. The molecule has 0 aliphatic carbocycles. The second kappa shape index (κ2) is 6.64. The molecule has 4 nitrogen and oxygen atoms in total. The summed E-state index contributed by atoms with van der Waals surface area (Å²) in [6.45, 7) is -0.166. The van der Waals surface area contributed by atoms with E-state index in [4.69, 9.17) is 4.55 Å². The number of rotatable bonds is 3. The Morgan fingerprint density at radius 1 is 1.64 bits per heavy atom. The molecule has 1 N–H and O–H groups in total. The van der Waals surface area contributed by atoms with Crippen molar-refractivity contribution in [2.24, 2.45) is 0 Å². The molecule has 0 atom stereocenters. The predicted molar refractivity (Wildman–Crippen MR) is 51.1 cm³/mol. The fraction of sp³-hybridized carbons (Fsp3) is 0.667. The first-order valence-corrected chi connectivity index (χ1v) is 4.69. The predicted octanol–water partition coefficient (Wildman–Crippen LogP) is -0.543. The van der Waals surface area contributed by atoms with E-state index in [-0.39, 0.29) is 40.5 Å². The van der Waals surface area contributed by atoms with Gasteiger partial charge >= 0.3 is 29.6 Å². The van der Waals surface area contributed by atoms with E-state index in [2.05, 4.69) is 29.6 Å². The molecule has 0 aliphatic rings. The summed E-state index contributed by atoms with van der Waals surface area (Å²) in [7, 11) is -3.94. The van der Waals surface area contributed by atoms with Crippen LogP contribution < -0.4 is 0 Å². The van der Waals surface area contributed by atoms with Gasteiger partial charge in [0.2, 0.25) is 4.38 Å². The molecule has 0 aromatic heterocycles. The van der Waals surface area contributed by atoms with Crippen molar-refractivity contribution in [1.29, 1.82) is 0 Å². The molecule has 0 heterocycles. The normalized spacial score (nSPS) is 10.0. The fourth-order valence-electron chi connectivity index (χ4n) is 0.234. The monoisotopic (exact) mass is 226 g/mol. The van der Waals surface area contributed by atoms with E-state index >= 15 is 0 Å². The van der Waals surface area contributed by atoms with Gasteiger partial charge in [-0.3, -0.25) is 4.55 Å². The number of hydrogen-bond acceptors (Lipinski definition) is 4. The van der Waals surface area contributed by atoms with E-state index in [1.54, 1.807) is 0 Å². The van der Waals surface area contributed by atoms with Crippen LogP contribution in [0.3, 0.4) is 0 Å². The molecule has 0 amide bonds. The summed E-state index contributed by atoms with van der Waals surface area (Å²) in [5.41, 5.74) is 0. The minimum atomic E-state index is -3.94. The molecular formula is C3H7NaO4S3. The van der Waals surface area contributed by atoms with E-state index < -0.39 is 15.9 Å². The molecule has 11 heavy (non-hydrogen) atoms. The molecule has 0 unspecified atom stereocenters. The van der Waals surface area contributed by atoms with Crippen molar-refractivity contribution < 1.29 is 17.7 Å². The maximum absolute atomic E-state index is 10.0. The van der Waals surface area contributed by atoms with Gasteiger partial charge < -0.3 is 4.74 Å². The Balaban J connectivity index is 0. The molecule has 8 heteroatoms.